The third kappa shape index (κ3) is 9.40. The highest BCUT2D eigenvalue weighted by Crippen LogP contribution is 2.28. The van der Waals surface area contributed by atoms with Crippen LogP contribution in [0.3, 0.4) is 0 Å². The molecule has 3 rings (SSSR count). The quantitative estimate of drug-likeness (QED) is 0.0640. The van der Waals surface area contributed by atoms with Crippen LogP contribution in [-0.4, -0.2) is 111 Å². The fourth-order valence-corrected chi connectivity index (χ4v) is 5.75. The number of rotatable bonds is 15. The van der Waals surface area contributed by atoms with Gasteiger partial charge in [-0.1, -0.05) is 12.1 Å². The number of aromatic carboxylic acids is 1. The molecule has 2 atom stereocenters. The number of hydrazone groups is 1. The van der Waals surface area contributed by atoms with E-state index in [2.05, 4.69) is 15.1 Å². The molecule has 41 heavy (non-hydrogen) atoms. The standard InChI is InChI=1S/C25H36N6O9S/c1-2-39-23(33)9-10-31(17-7-8-17)24(34)20(29-41(37,38)21-6-4-3-5-19(21)25(35)36)13-22(32)27-14-18-15-30(16-28-26)11-12-40-18/h3-6,16-18,20,29H,2,7-15,26H2,1H3,(H,27,32)(H,35,36)/t18-,20?/m0/s1. The zero-order chi connectivity index (χ0) is 30.0. The van der Waals surface area contributed by atoms with Crippen LogP contribution in [0.5, 0.6) is 0 Å². The second-order valence-electron chi connectivity index (χ2n) is 9.55. The van der Waals surface area contributed by atoms with Crippen molar-refractivity contribution < 1.29 is 42.2 Å². The first-order valence-electron chi connectivity index (χ1n) is 13.2. The van der Waals surface area contributed by atoms with E-state index in [1.807, 2.05) is 4.90 Å². The van der Waals surface area contributed by atoms with Crippen molar-refractivity contribution in [2.75, 3.05) is 39.4 Å². The summed E-state index contributed by atoms with van der Waals surface area (Å²) in [5.74, 6) is 1.87. The maximum absolute atomic E-state index is 13.7. The van der Waals surface area contributed by atoms with E-state index in [0.29, 0.717) is 32.5 Å². The molecule has 1 saturated heterocycles. The molecule has 2 amide bonds. The molecular formula is C25H36N6O9S. The number of benzene rings is 1. The van der Waals surface area contributed by atoms with Crippen molar-refractivity contribution in [3.05, 3.63) is 29.8 Å². The molecule has 15 nitrogen and oxygen atoms in total. The lowest BCUT2D eigenvalue weighted by atomic mass is 10.1. The van der Waals surface area contributed by atoms with Crippen LogP contribution in [0.25, 0.3) is 0 Å². The molecule has 5 N–H and O–H groups in total. The highest BCUT2D eigenvalue weighted by Gasteiger charge is 2.39. The van der Waals surface area contributed by atoms with Gasteiger partial charge in [0.15, 0.2) is 0 Å². The molecule has 0 radical (unpaired) electrons. The van der Waals surface area contributed by atoms with E-state index in [4.69, 9.17) is 15.3 Å². The Morgan fingerprint density at radius 1 is 1.29 bits per heavy atom. The third-order valence-electron chi connectivity index (χ3n) is 6.45. The number of carboxylic acids is 1. The largest absolute Gasteiger partial charge is 0.478 e. The number of carboxylic acid groups (broad SMARTS) is 1. The summed E-state index contributed by atoms with van der Waals surface area (Å²) < 4.78 is 39.5. The van der Waals surface area contributed by atoms with E-state index in [0.717, 1.165) is 12.1 Å². The predicted octanol–water partition coefficient (Wildman–Crippen LogP) is -0.915. The van der Waals surface area contributed by atoms with Gasteiger partial charge >= 0.3 is 11.9 Å². The molecule has 1 aromatic carbocycles. The zero-order valence-electron chi connectivity index (χ0n) is 22.7. The summed E-state index contributed by atoms with van der Waals surface area (Å²) in [7, 11) is -4.56. The lowest BCUT2D eigenvalue weighted by Gasteiger charge is -2.31. The van der Waals surface area contributed by atoms with Gasteiger partial charge in [-0.15, -0.1) is 0 Å². The predicted molar refractivity (Wildman–Crippen MR) is 145 cm³/mol. The van der Waals surface area contributed by atoms with Crippen molar-refractivity contribution in [1.82, 2.24) is 19.8 Å². The fraction of sp³-hybridized carbons (Fsp3) is 0.560. The molecule has 1 heterocycles. The Kier molecular flexibility index (Phi) is 11.4. The van der Waals surface area contributed by atoms with Gasteiger partial charge in [0, 0.05) is 32.2 Å². The number of nitrogens with two attached hydrogens (primary N) is 1. The summed E-state index contributed by atoms with van der Waals surface area (Å²) >= 11 is 0. The molecule has 0 bridgehead atoms. The van der Waals surface area contributed by atoms with E-state index in [1.165, 1.54) is 23.4 Å². The molecule has 2 fully saturated rings. The van der Waals surface area contributed by atoms with Gasteiger partial charge in [0.05, 0.1) is 42.6 Å². The van der Waals surface area contributed by atoms with E-state index in [9.17, 15) is 32.7 Å². The minimum atomic E-state index is -4.56. The van der Waals surface area contributed by atoms with Gasteiger partial charge in [-0.25, -0.2) is 13.2 Å². The molecule has 1 unspecified atom stereocenters. The minimum Gasteiger partial charge on any atom is -0.478 e. The van der Waals surface area contributed by atoms with Crippen LogP contribution >= 0.6 is 0 Å². The van der Waals surface area contributed by atoms with E-state index in [-0.39, 0.29) is 32.2 Å². The molecule has 1 aliphatic carbocycles. The summed E-state index contributed by atoms with van der Waals surface area (Å²) in [4.78, 5) is 52.9. The number of ether oxygens (including phenoxy) is 2. The van der Waals surface area contributed by atoms with E-state index >= 15 is 0 Å². The second kappa shape index (κ2) is 14.7. The average Bonchev–Trinajstić information content (AvgIpc) is 3.77. The average molecular weight is 597 g/mol. The van der Waals surface area contributed by atoms with Crippen molar-refractivity contribution in [2.45, 2.75) is 55.7 Å². The SMILES string of the molecule is CCOC(=O)CCN(C(=O)C(CC(=O)NC[C@H]1CN(C=NN)CCO1)NS(=O)(=O)c1ccccc1C(=O)O)C1CC1. The molecule has 16 heteroatoms. The molecule has 0 spiro atoms. The topological polar surface area (TPSA) is 210 Å². The Hall–Kier alpha value is -3.76. The maximum Gasteiger partial charge on any atom is 0.337 e. The Labute approximate surface area is 238 Å². The van der Waals surface area contributed by atoms with Gasteiger partial charge in [-0.05, 0) is 31.9 Å². The Bertz CT molecular complexity index is 1240. The van der Waals surface area contributed by atoms with Gasteiger partial charge < -0.3 is 35.5 Å². The third-order valence-corrected chi connectivity index (χ3v) is 7.98. The van der Waals surface area contributed by atoms with Crippen LogP contribution in [0, 0.1) is 0 Å². The van der Waals surface area contributed by atoms with Crippen LogP contribution in [-0.2, 0) is 33.9 Å². The second-order valence-corrected chi connectivity index (χ2v) is 11.2. The Morgan fingerprint density at radius 2 is 2.02 bits per heavy atom. The lowest BCUT2D eigenvalue weighted by molar-refractivity contribution is -0.144. The van der Waals surface area contributed by atoms with Crippen molar-refractivity contribution in [1.29, 1.82) is 0 Å². The number of nitrogens with zero attached hydrogens (tertiary/aromatic N) is 3. The fourth-order valence-electron chi connectivity index (χ4n) is 4.36. The molecule has 1 aliphatic heterocycles. The number of nitrogens with one attached hydrogen (secondary N) is 2. The number of amides is 2. The van der Waals surface area contributed by atoms with Crippen molar-refractivity contribution in [2.24, 2.45) is 10.9 Å². The number of sulfonamides is 1. The van der Waals surface area contributed by atoms with Crippen molar-refractivity contribution in [3.63, 3.8) is 0 Å². The van der Waals surface area contributed by atoms with Crippen molar-refractivity contribution >= 4 is 40.1 Å². The monoisotopic (exact) mass is 596 g/mol. The molecule has 2 aliphatic rings. The van der Waals surface area contributed by atoms with Crippen LogP contribution in [0.4, 0.5) is 0 Å². The maximum atomic E-state index is 13.7. The first-order valence-corrected chi connectivity index (χ1v) is 14.7. The van der Waals surface area contributed by atoms with Gasteiger partial charge in [0.1, 0.15) is 12.4 Å². The number of carbonyl (C=O) groups excluding carboxylic acids is 3. The van der Waals surface area contributed by atoms with Gasteiger partial charge in [-0.2, -0.15) is 9.82 Å². The van der Waals surface area contributed by atoms with Crippen LogP contribution in [0.1, 0.15) is 43.0 Å². The zero-order valence-corrected chi connectivity index (χ0v) is 23.5. The normalized spacial score (nSPS) is 18.1. The van der Waals surface area contributed by atoms with Crippen LogP contribution in [0.15, 0.2) is 34.3 Å². The highest BCUT2D eigenvalue weighted by atomic mass is 32.2. The minimum absolute atomic E-state index is 0.0255. The smallest absolute Gasteiger partial charge is 0.337 e. The van der Waals surface area contributed by atoms with E-state index in [1.54, 1.807) is 6.92 Å². The molecule has 1 aromatic rings. The molecule has 226 valence electrons. The van der Waals surface area contributed by atoms with E-state index < -0.39 is 62.8 Å². The number of esters is 1. The summed E-state index contributed by atoms with van der Waals surface area (Å²) in [5, 5.41) is 15.6. The Morgan fingerprint density at radius 3 is 2.68 bits per heavy atom. The van der Waals surface area contributed by atoms with Crippen molar-refractivity contribution in [3.8, 4) is 0 Å². The molecular weight excluding hydrogens is 560 g/mol. The summed E-state index contributed by atoms with van der Waals surface area (Å²) in [6, 6.07) is 3.16. The summed E-state index contributed by atoms with van der Waals surface area (Å²) in [6.07, 6.45) is 1.69. The number of hydrogen-bond donors (Lipinski definition) is 4. The number of hydrogen-bond acceptors (Lipinski definition) is 10. The first kappa shape index (κ1) is 31.8. The van der Waals surface area contributed by atoms with Gasteiger partial charge in [0.2, 0.25) is 21.8 Å². The lowest BCUT2D eigenvalue weighted by Crippen LogP contribution is -2.52. The van der Waals surface area contributed by atoms with Gasteiger partial charge in [0.25, 0.3) is 0 Å². The molecule has 0 aromatic heterocycles. The number of carbonyl (C=O) groups is 4. The number of morpholine rings is 1. The first-order chi connectivity index (χ1) is 19.6. The van der Waals surface area contributed by atoms with Crippen LogP contribution in [0.2, 0.25) is 0 Å². The highest BCUT2D eigenvalue weighted by molar-refractivity contribution is 7.89. The van der Waals surface area contributed by atoms with Crippen LogP contribution < -0.4 is 15.9 Å². The molecule has 1 saturated carbocycles. The summed E-state index contributed by atoms with van der Waals surface area (Å²) in [5.41, 5.74) is -0.489. The Balaban J connectivity index is 1.78. The van der Waals surface area contributed by atoms with Gasteiger partial charge in [-0.3, -0.25) is 14.4 Å². The summed E-state index contributed by atoms with van der Waals surface area (Å²) in [6.45, 7) is 3.24.